The molecule has 0 saturated carbocycles. The topological polar surface area (TPSA) is 0 Å². The third-order valence-electron chi connectivity index (χ3n) is 3.71. The Balaban J connectivity index is 1.88. The van der Waals surface area contributed by atoms with Crippen molar-refractivity contribution in [3.63, 3.8) is 0 Å². The van der Waals surface area contributed by atoms with Crippen molar-refractivity contribution in [2.75, 3.05) is 0 Å². The van der Waals surface area contributed by atoms with Crippen LogP contribution in [0.25, 0.3) is 0 Å². The van der Waals surface area contributed by atoms with Gasteiger partial charge >= 0.3 is 0 Å². The molecule has 0 nitrogen and oxygen atoms in total. The molecule has 0 radical (unpaired) electrons. The van der Waals surface area contributed by atoms with Gasteiger partial charge in [-0.2, -0.15) is 0 Å². The molecule has 3 aromatic carbocycles. The molecule has 0 saturated heterocycles. The van der Waals surface area contributed by atoms with Gasteiger partial charge in [-0.3, -0.25) is 0 Å². The zero-order valence-electron chi connectivity index (χ0n) is 15.0. The van der Waals surface area contributed by atoms with Gasteiger partial charge in [-0.25, -0.2) is 0 Å². The molecule has 0 bridgehead atoms. The molecule has 0 N–H and O–H groups in total. The van der Waals surface area contributed by atoms with Gasteiger partial charge in [0, 0.05) is 14.7 Å². The second-order valence-electron chi connectivity index (χ2n) is 6.16. The number of hydrogen-bond acceptors (Lipinski definition) is 4. The van der Waals surface area contributed by atoms with Gasteiger partial charge in [0.25, 0.3) is 0 Å². The van der Waals surface area contributed by atoms with Gasteiger partial charge in [-0.15, -0.1) is 0 Å². The van der Waals surface area contributed by atoms with E-state index in [2.05, 4.69) is 93.6 Å². The minimum absolute atomic E-state index is 1.25. The minimum Gasteiger partial charge on any atom is -0.0673 e. The van der Waals surface area contributed by atoms with Crippen LogP contribution in [0.1, 0.15) is 16.7 Å². The summed E-state index contributed by atoms with van der Waals surface area (Å²) in [6, 6.07) is 26.1. The summed E-state index contributed by atoms with van der Waals surface area (Å²) >= 11 is 11.8. The van der Waals surface area contributed by atoms with Crippen LogP contribution in [0.5, 0.6) is 0 Å². The van der Waals surface area contributed by atoms with E-state index < -0.39 is 3.64 Å². The Morgan fingerprint density at radius 1 is 0.500 bits per heavy atom. The van der Waals surface area contributed by atoms with Crippen LogP contribution in [-0.4, -0.2) is 0 Å². The summed E-state index contributed by atoms with van der Waals surface area (Å²) in [5, 5.41) is 0. The van der Waals surface area contributed by atoms with E-state index in [0.29, 0.717) is 0 Å². The molecule has 0 heterocycles. The zero-order chi connectivity index (χ0) is 18.6. The molecule has 0 fully saturated rings. The fourth-order valence-corrected chi connectivity index (χ4v) is 15.6. The first-order valence-electron chi connectivity index (χ1n) is 8.31. The molecule has 5 heteroatoms. The molecule has 0 spiro atoms. The number of benzene rings is 3. The van der Waals surface area contributed by atoms with Crippen molar-refractivity contribution in [3.05, 3.63) is 89.5 Å². The van der Waals surface area contributed by atoms with Crippen LogP contribution in [-0.2, 0) is 11.8 Å². The van der Waals surface area contributed by atoms with Crippen LogP contribution in [0.15, 0.2) is 87.5 Å². The van der Waals surface area contributed by atoms with Gasteiger partial charge < -0.3 is 0 Å². The second-order valence-corrected chi connectivity index (χ2v) is 21.4. The zero-order valence-corrected chi connectivity index (χ0v) is 19.2. The van der Waals surface area contributed by atoms with Crippen molar-refractivity contribution >= 4 is 49.6 Å². The van der Waals surface area contributed by atoms with Crippen molar-refractivity contribution < 1.29 is 0 Å². The highest BCUT2D eigenvalue weighted by Crippen LogP contribution is 2.83. The van der Waals surface area contributed by atoms with Gasteiger partial charge in [-0.1, -0.05) is 99.0 Å². The fraction of sp³-hybridized carbons (Fsp3) is 0.143. The Hall–Kier alpha value is -0.640. The van der Waals surface area contributed by atoms with Gasteiger partial charge in [0.15, 0.2) is 0 Å². The standard InChI is InChI=1S/C21H21PS4/c1-16-4-10-19(11-5-16)24-22(23,25-20-12-6-17(2)7-13-20)26-21-14-8-18(3)9-15-21/h4-15H,1-3H3. The molecule has 0 amide bonds. The quantitative estimate of drug-likeness (QED) is 0.358. The largest absolute Gasteiger partial charge is 0.123 e. The van der Waals surface area contributed by atoms with Crippen molar-refractivity contribution in [2.45, 2.75) is 35.5 Å². The van der Waals surface area contributed by atoms with E-state index in [9.17, 15) is 0 Å². The molecule has 0 atom stereocenters. The van der Waals surface area contributed by atoms with Crippen LogP contribution in [0.3, 0.4) is 0 Å². The van der Waals surface area contributed by atoms with Crippen LogP contribution >= 0.6 is 37.8 Å². The molecule has 0 aromatic heterocycles. The van der Waals surface area contributed by atoms with Gasteiger partial charge in [0.1, 0.15) is 3.64 Å². The van der Waals surface area contributed by atoms with E-state index in [0.717, 1.165) is 0 Å². The average Bonchev–Trinajstić information content (AvgIpc) is 2.61. The van der Waals surface area contributed by atoms with Crippen molar-refractivity contribution in [3.8, 4) is 0 Å². The van der Waals surface area contributed by atoms with Gasteiger partial charge in [0.05, 0.1) is 0 Å². The highest BCUT2D eigenvalue weighted by molar-refractivity contribution is 9.23. The predicted molar refractivity (Wildman–Crippen MR) is 125 cm³/mol. The van der Waals surface area contributed by atoms with E-state index in [1.165, 1.54) is 31.4 Å². The third-order valence-corrected chi connectivity index (χ3v) is 15.8. The molecule has 26 heavy (non-hydrogen) atoms. The Labute approximate surface area is 173 Å². The number of rotatable bonds is 6. The molecule has 134 valence electrons. The average molecular weight is 433 g/mol. The summed E-state index contributed by atoms with van der Waals surface area (Å²) in [4.78, 5) is 3.74. The monoisotopic (exact) mass is 432 g/mol. The molecule has 0 aliphatic carbocycles. The van der Waals surface area contributed by atoms with Gasteiger partial charge in [0.2, 0.25) is 0 Å². The van der Waals surface area contributed by atoms with Gasteiger partial charge in [-0.05, 0) is 57.2 Å². The van der Waals surface area contributed by atoms with Crippen LogP contribution in [0, 0.1) is 20.8 Å². The summed E-state index contributed by atoms with van der Waals surface area (Å²) in [6.07, 6.45) is 0. The Morgan fingerprint density at radius 2 is 0.731 bits per heavy atom. The van der Waals surface area contributed by atoms with Crippen molar-refractivity contribution in [1.29, 1.82) is 0 Å². The third kappa shape index (κ3) is 5.94. The Kier molecular flexibility index (Phi) is 6.98. The van der Waals surface area contributed by atoms with E-state index in [-0.39, 0.29) is 0 Å². The molecule has 3 aromatic rings. The molecule has 3 rings (SSSR count). The summed E-state index contributed by atoms with van der Waals surface area (Å²) in [5.74, 6) is 0. The molecule has 0 unspecified atom stereocenters. The number of hydrogen-bond donors (Lipinski definition) is 0. The van der Waals surface area contributed by atoms with E-state index in [1.807, 2.05) is 34.1 Å². The van der Waals surface area contributed by atoms with Crippen molar-refractivity contribution in [1.82, 2.24) is 0 Å². The minimum atomic E-state index is -1.85. The lowest BCUT2D eigenvalue weighted by atomic mass is 10.2. The Bertz CT molecular complexity index is 778. The molecule has 0 aliphatic rings. The van der Waals surface area contributed by atoms with Crippen molar-refractivity contribution in [2.24, 2.45) is 0 Å². The first-order valence-corrected chi connectivity index (χ1v) is 15.4. The first kappa shape index (κ1) is 20.1. The van der Waals surface area contributed by atoms with E-state index in [4.69, 9.17) is 11.8 Å². The summed E-state index contributed by atoms with van der Waals surface area (Å²) in [6.45, 7) is 6.35. The number of aryl methyl sites for hydroxylation is 3. The summed E-state index contributed by atoms with van der Waals surface area (Å²) in [7, 11) is 0. The highest BCUT2D eigenvalue weighted by atomic mass is 33.5. The van der Waals surface area contributed by atoms with E-state index >= 15 is 0 Å². The smallest absolute Gasteiger partial charge is 0.0673 e. The van der Waals surface area contributed by atoms with Crippen LogP contribution in [0.4, 0.5) is 0 Å². The van der Waals surface area contributed by atoms with Crippen LogP contribution in [0.2, 0.25) is 0 Å². The second kappa shape index (κ2) is 9.03. The Morgan fingerprint density at radius 3 is 0.962 bits per heavy atom. The summed E-state index contributed by atoms with van der Waals surface area (Å²) < 4.78 is -1.85. The summed E-state index contributed by atoms with van der Waals surface area (Å²) in [5.41, 5.74) is 3.83. The maximum atomic E-state index is 6.25. The lowest BCUT2D eigenvalue weighted by Crippen LogP contribution is -1.77. The maximum Gasteiger partial charge on any atom is 0.123 e. The molecule has 0 aliphatic heterocycles. The van der Waals surface area contributed by atoms with Crippen LogP contribution < -0.4 is 0 Å². The lowest BCUT2D eigenvalue weighted by Gasteiger charge is -2.20. The highest BCUT2D eigenvalue weighted by Gasteiger charge is 2.23. The maximum absolute atomic E-state index is 6.25. The van der Waals surface area contributed by atoms with E-state index in [1.54, 1.807) is 0 Å². The SMILES string of the molecule is Cc1ccc(SP(=S)(Sc2ccc(C)cc2)Sc2ccc(C)cc2)cc1. The molecular formula is C21H21PS4. The lowest BCUT2D eigenvalue weighted by molar-refractivity contribution is 1.38. The first-order chi connectivity index (χ1) is 12.4. The molecular weight excluding hydrogens is 411 g/mol. The fourth-order valence-electron chi connectivity index (χ4n) is 2.24. The normalized spacial score (nSPS) is 11.5. The predicted octanol–water partition coefficient (Wildman–Crippen LogP) is 8.51.